The Balaban J connectivity index is 2.15. The number of para-hydroxylation sites is 1. The van der Waals surface area contributed by atoms with Gasteiger partial charge in [-0.15, -0.1) is 0 Å². The van der Waals surface area contributed by atoms with E-state index in [0.717, 1.165) is 22.2 Å². The zero-order chi connectivity index (χ0) is 16.2. The van der Waals surface area contributed by atoms with Gasteiger partial charge in [-0.25, -0.2) is 9.98 Å². The summed E-state index contributed by atoms with van der Waals surface area (Å²) in [5.74, 6) is 1.12. The highest BCUT2D eigenvalue weighted by Gasteiger charge is 2.06. The van der Waals surface area contributed by atoms with E-state index in [9.17, 15) is 0 Å². The van der Waals surface area contributed by atoms with E-state index in [-0.39, 0.29) is 0 Å². The summed E-state index contributed by atoms with van der Waals surface area (Å²) in [6.45, 7) is 3.81. The second kappa shape index (κ2) is 6.44. The number of hydrogen-bond donors (Lipinski definition) is 1. The molecular formula is C20H19N3. The van der Waals surface area contributed by atoms with Gasteiger partial charge in [-0.05, 0) is 42.3 Å². The van der Waals surface area contributed by atoms with Crippen molar-refractivity contribution in [3.63, 3.8) is 0 Å². The average molecular weight is 301 g/mol. The lowest BCUT2D eigenvalue weighted by atomic mass is 10.1. The molecule has 0 aliphatic carbocycles. The number of aryl methyl sites for hydroxylation is 1. The zero-order valence-corrected chi connectivity index (χ0v) is 13.3. The van der Waals surface area contributed by atoms with Gasteiger partial charge in [0, 0.05) is 5.56 Å². The minimum atomic E-state index is 0.491. The zero-order valence-electron chi connectivity index (χ0n) is 13.3. The summed E-state index contributed by atoms with van der Waals surface area (Å²) in [4.78, 5) is 9.16. The van der Waals surface area contributed by atoms with Crippen LogP contribution < -0.4 is 5.73 Å². The van der Waals surface area contributed by atoms with Crippen molar-refractivity contribution in [2.45, 2.75) is 13.8 Å². The summed E-state index contributed by atoms with van der Waals surface area (Å²) in [6, 6.07) is 22.5. The Morgan fingerprint density at radius 1 is 0.870 bits per heavy atom. The van der Waals surface area contributed by atoms with Crippen LogP contribution in [-0.4, -0.2) is 11.7 Å². The standard InChI is InChI=1S/C20H19N3/c1-14-7-3-6-10-19(14)23-20(22-15(2)21)18-12-11-16-8-4-5-9-17(16)13-18/h3-13H,1-2H3,(H2,21,22,23). The van der Waals surface area contributed by atoms with Crippen LogP contribution in [0.3, 0.4) is 0 Å². The largest absolute Gasteiger partial charge is 0.387 e. The van der Waals surface area contributed by atoms with Crippen molar-refractivity contribution in [1.82, 2.24) is 0 Å². The molecule has 3 aromatic rings. The van der Waals surface area contributed by atoms with E-state index in [1.807, 2.05) is 49.4 Å². The van der Waals surface area contributed by atoms with E-state index in [2.05, 4.69) is 29.3 Å². The summed E-state index contributed by atoms with van der Waals surface area (Å²) in [7, 11) is 0. The average Bonchev–Trinajstić information content (AvgIpc) is 2.55. The topological polar surface area (TPSA) is 50.7 Å². The maximum absolute atomic E-state index is 5.80. The summed E-state index contributed by atoms with van der Waals surface area (Å²) >= 11 is 0. The Hall–Kier alpha value is -2.94. The number of rotatable bonds is 2. The van der Waals surface area contributed by atoms with E-state index in [4.69, 9.17) is 10.7 Å². The Labute approximate surface area is 136 Å². The molecule has 3 rings (SSSR count). The first-order chi connectivity index (χ1) is 11.1. The van der Waals surface area contributed by atoms with Gasteiger partial charge in [-0.3, -0.25) is 0 Å². The molecule has 0 aliphatic heterocycles. The number of amidine groups is 2. The Bertz CT molecular complexity index is 903. The summed E-state index contributed by atoms with van der Waals surface area (Å²) in [6.07, 6.45) is 0. The second-order valence-corrected chi connectivity index (χ2v) is 5.54. The van der Waals surface area contributed by atoms with Gasteiger partial charge in [0.2, 0.25) is 0 Å². The second-order valence-electron chi connectivity index (χ2n) is 5.54. The monoisotopic (exact) mass is 301 g/mol. The smallest absolute Gasteiger partial charge is 0.161 e. The molecule has 0 saturated carbocycles. The molecule has 0 aromatic heterocycles. The summed E-state index contributed by atoms with van der Waals surface area (Å²) < 4.78 is 0. The molecular weight excluding hydrogens is 282 g/mol. The Morgan fingerprint density at radius 3 is 2.30 bits per heavy atom. The fourth-order valence-corrected chi connectivity index (χ4v) is 2.45. The molecule has 3 heteroatoms. The molecule has 0 saturated heterocycles. The maximum Gasteiger partial charge on any atom is 0.161 e. The van der Waals surface area contributed by atoms with Crippen LogP contribution >= 0.6 is 0 Å². The Morgan fingerprint density at radius 2 is 1.57 bits per heavy atom. The molecule has 0 heterocycles. The molecule has 23 heavy (non-hydrogen) atoms. The van der Waals surface area contributed by atoms with Crippen molar-refractivity contribution in [1.29, 1.82) is 0 Å². The number of nitrogens with zero attached hydrogens (tertiary/aromatic N) is 2. The van der Waals surface area contributed by atoms with Crippen molar-refractivity contribution < 1.29 is 0 Å². The lowest BCUT2D eigenvalue weighted by Gasteiger charge is -2.06. The van der Waals surface area contributed by atoms with Crippen LogP contribution in [-0.2, 0) is 0 Å². The highest BCUT2D eigenvalue weighted by Crippen LogP contribution is 2.21. The molecule has 0 spiro atoms. The summed E-state index contributed by atoms with van der Waals surface area (Å²) in [5, 5.41) is 2.35. The lowest BCUT2D eigenvalue weighted by molar-refractivity contribution is 1.37. The highest BCUT2D eigenvalue weighted by molar-refractivity contribution is 6.08. The van der Waals surface area contributed by atoms with Gasteiger partial charge in [-0.1, -0.05) is 54.6 Å². The predicted octanol–water partition coefficient (Wildman–Crippen LogP) is 4.60. The number of benzene rings is 3. The highest BCUT2D eigenvalue weighted by atomic mass is 15.0. The quantitative estimate of drug-likeness (QED) is 0.545. The van der Waals surface area contributed by atoms with Crippen LogP contribution in [0.15, 0.2) is 76.7 Å². The van der Waals surface area contributed by atoms with Crippen molar-refractivity contribution in [3.8, 4) is 0 Å². The van der Waals surface area contributed by atoms with Gasteiger partial charge in [0.15, 0.2) is 5.84 Å². The van der Waals surface area contributed by atoms with Crippen LogP contribution in [0, 0.1) is 6.92 Å². The fourth-order valence-electron chi connectivity index (χ4n) is 2.45. The minimum absolute atomic E-state index is 0.491. The molecule has 2 N–H and O–H groups in total. The third kappa shape index (κ3) is 3.46. The molecule has 0 fully saturated rings. The van der Waals surface area contributed by atoms with Crippen molar-refractivity contribution in [2.24, 2.45) is 15.7 Å². The van der Waals surface area contributed by atoms with Crippen LogP contribution in [0.5, 0.6) is 0 Å². The minimum Gasteiger partial charge on any atom is -0.387 e. The molecule has 0 atom stereocenters. The number of nitrogens with two attached hydrogens (primary N) is 1. The van der Waals surface area contributed by atoms with Crippen LogP contribution in [0.1, 0.15) is 18.1 Å². The van der Waals surface area contributed by atoms with E-state index < -0.39 is 0 Å². The molecule has 0 aliphatic rings. The number of fused-ring (bicyclic) bond motifs is 1. The van der Waals surface area contributed by atoms with Crippen molar-refractivity contribution in [3.05, 3.63) is 77.9 Å². The molecule has 0 radical (unpaired) electrons. The molecule has 0 amide bonds. The molecule has 3 nitrogen and oxygen atoms in total. The van der Waals surface area contributed by atoms with E-state index in [1.54, 1.807) is 6.92 Å². The number of aliphatic imine (C=N–C) groups is 2. The first-order valence-electron chi connectivity index (χ1n) is 7.58. The van der Waals surface area contributed by atoms with E-state index >= 15 is 0 Å². The summed E-state index contributed by atoms with van der Waals surface area (Å²) in [5.41, 5.74) is 8.77. The number of hydrogen-bond acceptors (Lipinski definition) is 1. The van der Waals surface area contributed by atoms with E-state index in [0.29, 0.717) is 11.7 Å². The predicted molar refractivity (Wildman–Crippen MR) is 98.6 cm³/mol. The van der Waals surface area contributed by atoms with E-state index in [1.165, 1.54) is 5.39 Å². The molecule has 3 aromatic carbocycles. The third-order valence-corrected chi connectivity index (χ3v) is 3.63. The molecule has 114 valence electrons. The Kier molecular flexibility index (Phi) is 4.20. The van der Waals surface area contributed by atoms with Crippen molar-refractivity contribution in [2.75, 3.05) is 0 Å². The first-order valence-corrected chi connectivity index (χ1v) is 7.58. The maximum atomic E-state index is 5.80. The molecule has 0 unspecified atom stereocenters. The third-order valence-electron chi connectivity index (χ3n) is 3.63. The lowest BCUT2D eigenvalue weighted by Crippen LogP contribution is -2.10. The van der Waals surface area contributed by atoms with Crippen LogP contribution in [0.2, 0.25) is 0 Å². The van der Waals surface area contributed by atoms with Gasteiger partial charge >= 0.3 is 0 Å². The SMILES string of the molecule is CC(N)=NC(=Nc1ccccc1C)c1ccc2ccccc2c1. The van der Waals surface area contributed by atoms with Gasteiger partial charge in [0.25, 0.3) is 0 Å². The van der Waals surface area contributed by atoms with Crippen LogP contribution in [0.25, 0.3) is 10.8 Å². The van der Waals surface area contributed by atoms with Gasteiger partial charge in [0.05, 0.1) is 11.5 Å². The van der Waals surface area contributed by atoms with Gasteiger partial charge in [-0.2, -0.15) is 0 Å². The fraction of sp³-hybridized carbons (Fsp3) is 0.100. The molecule has 0 bridgehead atoms. The van der Waals surface area contributed by atoms with Crippen molar-refractivity contribution >= 4 is 28.1 Å². The first kappa shape index (κ1) is 15.0. The van der Waals surface area contributed by atoms with Crippen LogP contribution in [0.4, 0.5) is 5.69 Å². The normalized spacial score (nSPS) is 12.6. The van der Waals surface area contributed by atoms with Gasteiger partial charge in [0.1, 0.15) is 0 Å². The van der Waals surface area contributed by atoms with Gasteiger partial charge < -0.3 is 5.73 Å².